The summed E-state index contributed by atoms with van der Waals surface area (Å²) in [5.41, 5.74) is 1.83. The first-order valence-electron chi connectivity index (χ1n) is 8.85. The Labute approximate surface area is 166 Å². The van der Waals surface area contributed by atoms with Crippen LogP contribution in [-0.2, 0) is 17.8 Å². The van der Waals surface area contributed by atoms with Gasteiger partial charge in [0, 0.05) is 0 Å². The van der Waals surface area contributed by atoms with E-state index in [1.165, 1.54) is 11.3 Å². The SMILES string of the molecule is C#CCn1c(=NC(=O)Cc2cccc3ccccc23)sc2cccc(OC)c21. The summed E-state index contributed by atoms with van der Waals surface area (Å²) >= 11 is 1.44. The summed E-state index contributed by atoms with van der Waals surface area (Å²) in [7, 11) is 1.62. The van der Waals surface area contributed by atoms with Crippen LogP contribution < -0.4 is 9.54 Å². The molecule has 0 bridgehead atoms. The number of hydrogen-bond acceptors (Lipinski definition) is 3. The molecule has 0 spiro atoms. The van der Waals surface area contributed by atoms with Crippen LogP contribution in [-0.4, -0.2) is 17.6 Å². The van der Waals surface area contributed by atoms with Crippen molar-refractivity contribution in [2.75, 3.05) is 7.11 Å². The molecule has 4 aromatic rings. The number of aromatic nitrogens is 1. The first-order chi connectivity index (χ1) is 13.7. The molecule has 0 saturated heterocycles. The number of para-hydroxylation sites is 1. The molecule has 0 N–H and O–H groups in total. The normalized spacial score (nSPS) is 11.6. The number of methoxy groups -OCH3 is 1. The number of thiazole rings is 1. The number of fused-ring (bicyclic) bond motifs is 2. The Bertz CT molecular complexity index is 1290. The fourth-order valence-corrected chi connectivity index (χ4v) is 4.41. The van der Waals surface area contributed by atoms with Gasteiger partial charge in [0.25, 0.3) is 5.91 Å². The fourth-order valence-electron chi connectivity index (χ4n) is 3.34. The van der Waals surface area contributed by atoms with Gasteiger partial charge >= 0.3 is 0 Å². The molecule has 4 rings (SSSR count). The van der Waals surface area contributed by atoms with Crippen molar-refractivity contribution in [2.45, 2.75) is 13.0 Å². The average Bonchev–Trinajstić information content (AvgIpc) is 3.05. The highest BCUT2D eigenvalue weighted by atomic mass is 32.1. The van der Waals surface area contributed by atoms with E-state index >= 15 is 0 Å². The Hall–Kier alpha value is -3.36. The molecule has 3 aromatic carbocycles. The molecule has 0 aliphatic heterocycles. The van der Waals surface area contributed by atoms with Gasteiger partial charge in [0.05, 0.1) is 24.8 Å². The zero-order valence-electron chi connectivity index (χ0n) is 15.4. The van der Waals surface area contributed by atoms with Crippen LogP contribution >= 0.6 is 11.3 Å². The highest BCUT2D eigenvalue weighted by Crippen LogP contribution is 2.27. The van der Waals surface area contributed by atoms with E-state index in [2.05, 4.69) is 10.9 Å². The summed E-state index contributed by atoms with van der Waals surface area (Å²) in [6, 6.07) is 19.8. The molecule has 28 heavy (non-hydrogen) atoms. The predicted molar refractivity (Wildman–Crippen MR) is 113 cm³/mol. The number of carbonyl (C=O) groups excluding carboxylic acids is 1. The molecule has 5 heteroatoms. The van der Waals surface area contributed by atoms with E-state index in [1.807, 2.05) is 65.2 Å². The van der Waals surface area contributed by atoms with E-state index in [4.69, 9.17) is 11.2 Å². The van der Waals surface area contributed by atoms with Crippen molar-refractivity contribution in [3.63, 3.8) is 0 Å². The zero-order valence-corrected chi connectivity index (χ0v) is 16.2. The van der Waals surface area contributed by atoms with E-state index in [-0.39, 0.29) is 12.3 Å². The summed E-state index contributed by atoms with van der Waals surface area (Å²) in [4.78, 5) is 17.7. The molecule has 0 aliphatic rings. The van der Waals surface area contributed by atoms with Crippen LogP contribution in [0, 0.1) is 12.3 Å². The fraction of sp³-hybridized carbons (Fsp3) is 0.130. The zero-order chi connectivity index (χ0) is 19.5. The van der Waals surface area contributed by atoms with Crippen LogP contribution in [0.15, 0.2) is 65.7 Å². The standard InChI is InChI=1S/C23H18N2O2S/c1-3-14-25-22-19(27-2)12-7-13-20(22)28-23(25)24-21(26)15-17-10-6-9-16-8-4-5-11-18(16)17/h1,4-13H,14-15H2,2H3. The third kappa shape index (κ3) is 3.30. The Kier molecular flexibility index (Phi) is 4.96. The minimum atomic E-state index is -0.201. The minimum Gasteiger partial charge on any atom is -0.495 e. The number of rotatable bonds is 4. The maximum absolute atomic E-state index is 12.8. The number of terminal acetylenes is 1. The summed E-state index contributed by atoms with van der Waals surface area (Å²) in [6.07, 6.45) is 5.79. The van der Waals surface area contributed by atoms with Crippen molar-refractivity contribution in [1.82, 2.24) is 4.57 Å². The van der Waals surface area contributed by atoms with Crippen molar-refractivity contribution in [3.8, 4) is 18.1 Å². The summed E-state index contributed by atoms with van der Waals surface area (Å²) in [5, 5.41) is 2.19. The number of carbonyl (C=O) groups is 1. The first kappa shape index (κ1) is 18.0. The van der Waals surface area contributed by atoms with Gasteiger partial charge in [0.2, 0.25) is 0 Å². The third-order valence-corrected chi connectivity index (χ3v) is 5.62. The van der Waals surface area contributed by atoms with Crippen molar-refractivity contribution < 1.29 is 9.53 Å². The molecular weight excluding hydrogens is 368 g/mol. The van der Waals surface area contributed by atoms with Crippen LogP contribution in [0.2, 0.25) is 0 Å². The molecule has 0 unspecified atom stereocenters. The van der Waals surface area contributed by atoms with Gasteiger partial charge in [-0.1, -0.05) is 65.8 Å². The van der Waals surface area contributed by atoms with E-state index < -0.39 is 0 Å². The number of nitrogens with zero attached hydrogens (tertiary/aromatic N) is 2. The van der Waals surface area contributed by atoms with Gasteiger partial charge in [-0.25, -0.2) is 0 Å². The molecule has 1 heterocycles. The van der Waals surface area contributed by atoms with Crippen molar-refractivity contribution in [1.29, 1.82) is 0 Å². The van der Waals surface area contributed by atoms with Crippen LogP contribution in [0.5, 0.6) is 5.75 Å². The Balaban J connectivity index is 1.78. The van der Waals surface area contributed by atoms with E-state index in [9.17, 15) is 4.79 Å². The van der Waals surface area contributed by atoms with Gasteiger partial charge in [0.15, 0.2) is 4.80 Å². The van der Waals surface area contributed by atoms with E-state index in [0.717, 1.165) is 26.6 Å². The maximum Gasteiger partial charge on any atom is 0.252 e. The summed E-state index contributed by atoms with van der Waals surface area (Å²) < 4.78 is 8.31. The largest absolute Gasteiger partial charge is 0.495 e. The molecule has 0 aliphatic carbocycles. The van der Waals surface area contributed by atoms with Crippen molar-refractivity contribution in [3.05, 3.63) is 71.0 Å². The number of hydrogen-bond donors (Lipinski definition) is 0. The highest BCUT2D eigenvalue weighted by Gasteiger charge is 2.12. The van der Waals surface area contributed by atoms with Gasteiger partial charge in [-0.05, 0) is 28.5 Å². The Morgan fingerprint density at radius 1 is 1.14 bits per heavy atom. The highest BCUT2D eigenvalue weighted by molar-refractivity contribution is 7.16. The maximum atomic E-state index is 12.8. The quantitative estimate of drug-likeness (QED) is 0.494. The molecule has 0 radical (unpaired) electrons. The van der Waals surface area contributed by atoms with E-state index in [0.29, 0.717) is 17.1 Å². The Morgan fingerprint density at radius 3 is 2.75 bits per heavy atom. The summed E-state index contributed by atoms with van der Waals surface area (Å²) in [6.45, 7) is 0.320. The van der Waals surface area contributed by atoms with Crippen LogP contribution in [0.25, 0.3) is 21.0 Å². The van der Waals surface area contributed by atoms with Gasteiger partial charge in [-0.3, -0.25) is 4.79 Å². The molecule has 4 nitrogen and oxygen atoms in total. The lowest BCUT2D eigenvalue weighted by Crippen LogP contribution is -2.17. The predicted octanol–water partition coefficient (Wildman–Crippen LogP) is 4.17. The van der Waals surface area contributed by atoms with Crippen molar-refractivity contribution in [2.24, 2.45) is 4.99 Å². The molecule has 1 aromatic heterocycles. The minimum absolute atomic E-state index is 0.201. The third-order valence-electron chi connectivity index (χ3n) is 4.58. The first-order valence-corrected chi connectivity index (χ1v) is 9.67. The molecule has 1 amide bonds. The van der Waals surface area contributed by atoms with Crippen LogP contribution in [0.1, 0.15) is 5.56 Å². The van der Waals surface area contributed by atoms with Gasteiger partial charge in [-0.15, -0.1) is 6.42 Å². The second-order valence-electron chi connectivity index (χ2n) is 6.30. The molecule has 0 atom stereocenters. The van der Waals surface area contributed by atoms with Crippen LogP contribution in [0.4, 0.5) is 0 Å². The smallest absolute Gasteiger partial charge is 0.252 e. The number of benzene rings is 3. The lowest BCUT2D eigenvalue weighted by molar-refractivity contribution is -0.117. The average molecular weight is 386 g/mol. The van der Waals surface area contributed by atoms with E-state index in [1.54, 1.807) is 7.11 Å². The van der Waals surface area contributed by atoms with Crippen molar-refractivity contribution >= 4 is 38.2 Å². The number of amides is 1. The van der Waals surface area contributed by atoms with Gasteiger partial charge in [0.1, 0.15) is 11.3 Å². The Morgan fingerprint density at radius 2 is 1.93 bits per heavy atom. The lowest BCUT2D eigenvalue weighted by atomic mass is 10.0. The van der Waals surface area contributed by atoms with Gasteiger partial charge < -0.3 is 9.30 Å². The topological polar surface area (TPSA) is 43.6 Å². The van der Waals surface area contributed by atoms with Crippen LogP contribution in [0.3, 0.4) is 0 Å². The monoisotopic (exact) mass is 386 g/mol. The molecule has 0 saturated carbocycles. The summed E-state index contributed by atoms with van der Waals surface area (Å²) in [5.74, 6) is 3.16. The second kappa shape index (κ2) is 7.71. The lowest BCUT2D eigenvalue weighted by Gasteiger charge is -2.06. The van der Waals surface area contributed by atoms with Gasteiger partial charge in [-0.2, -0.15) is 4.99 Å². The molecule has 138 valence electrons. The molecular formula is C23H18N2O2S. The second-order valence-corrected chi connectivity index (χ2v) is 7.31. The molecule has 0 fully saturated rings. The number of ether oxygens (including phenoxy) is 1.